The summed E-state index contributed by atoms with van der Waals surface area (Å²) in [5.41, 5.74) is 5.90. The van der Waals surface area contributed by atoms with Gasteiger partial charge in [-0.05, 0) is 35.9 Å². The molecule has 0 unspecified atom stereocenters. The Kier molecular flexibility index (Phi) is 7.78. The van der Waals surface area contributed by atoms with Gasteiger partial charge >= 0.3 is 5.69 Å². The number of piperazine rings is 1. The molecule has 1 saturated heterocycles. The summed E-state index contributed by atoms with van der Waals surface area (Å²) < 4.78 is 3.02. The van der Waals surface area contributed by atoms with Crippen molar-refractivity contribution in [3.8, 4) is 5.69 Å². The molecule has 192 valence electrons. The summed E-state index contributed by atoms with van der Waals surface area (Å²) in [6, 6.07) is 9.67. The number of amides is 1. The summed E-state index contributed by atoms with van der Waals surface area (Å²) >= 11 is 0. The monoisotopic (exact) mass is 496 g/mol. The number of tetrazole rings is 1. The number of H-pyrrole nitrogens is 1. The number of nitrogens with one attached hydrogen (secondary N) is 1. The Bertz CT molecular complexity index is 1290. The summed E-state index contributed by atoms with van der Waals surface area (Å²) in [5, 5.41) is 12.1. The van der Waals surface area contributed by atoms with Gasteiger partial charge in [-0.3, -0.25) is 24.0 Å². The predicted octanol–water partition coefficient (Wildman–Crippen LogP) is 0.0697. The van der Waals surface area contributed by atoms with Gasteiger partial charge in [0.1, 0.15) is 5.82 Å². The number of likely N-dealkylation sites (N-methyl/N-ethyl adjacent to an activating group) is 1. The van der Waals surface area contributed by atoms with Gasteiger partial charge in [0.15, 0.2) is 5.69 Å². The molecule has 0 saturated carbocycles. The Morgan fingerprint density at radius 2 is 1.83 bits per heavy atom. The molecule has 3 N–H and O–H groups in total. The maximum Gasteiger partial charge on any atom is 0.330 e. The second-order valence-corrected chi connectivity index (χ2v) is 8.63. The summed E-state index contributed by atoms with van der Waals surface area (Å²) in [7, 11) is 0. The topological polar surface area (TPSA) is 151 Å². The van der Waals surface area contributed by atoms with E-state index in [9.17, 15) is 14.4 Å². The molecule has 0 aliphatic carbocycles. The van der Waals surface area contributed by atoms with Gasteiger partial charge in [-0.25, -0.2) is 4.79 Å². The van der Waals surface area contributed by atoms with Crippen molar-refractivity contribution in [1.82, 2.24) is 34.7 Å². The van der Waals surface area contributed by atoms with Crippen molar-refractivity contribution in [2.24, 2.45) is 0 Å². The van der Waals surface area contributed by atoms with Crippen LogP contribution in [0.3, 0.4) is 0 Å². The fourth-order valence-electron chi connectivity index (χ4n) is 4.33. The van der Waals surface area contributed by atoms with Crippen molar-refractivity contribution in [2.45, 2.75) is 33.2 Å². The van der Waals surface area contributed by atoms with E-state index < -0.39 is 11.2 Å². The van der Waals surface area contributed by atoms with Gasteiger partial charge in [-0.1, -0.05) is 36.6 Å². The Balaban J connectivity index is 1.44. The number of anilines is 3. The largest absolute Gasteiger partial charge is 0.383 e. The fourth-order valence-corrected chi connectivity index (χ4v) is 4.33. The van der Waals surface area contributed by atoms with Crippen LogP contribution in [0.4, 0.5) is 17.5 Å². The number of aromatic nitrogens is 6. The Morgan fingerprint density at radius 1 is 1.11 bits per heavy atom. The molecule has 13 heteroatoms. The summed E-state index contributed by atoms with van der Waals surface area (Å²) in [6.07, 6.45) is 1.59. The number of carbonyl (C=O) groups is 1. The molecule has 1 aliphatic rings. The SMILES string of the molecule is CCCCn1c(N)c(N(CC)C(=O)CN2CCN(c3nnnn3-c3ccccc3)CC2)c(=O)[nH]c1=O. The van der Waals surface area contributed by atoms with Gasteiger partial charge in [0.05, 0.1) is 12.2 Å². The minimum absolute atomic E-state index is 0.0185. The highest BCUT2D eigenvalue weighted by molar-refractivity contribution is 5.96. The maximum absolute atomic E-state index is 13.2. The van der Waals surface area contributed by atoms with Crippen LogP contribution in [-0.4, -0.2) is 79.8 Å². The molecule has 1 aliphatic heterocycles. The maximum atomic E-state index is 13.2. The zero-order valence-electron chi connectivity index (χ0n) is 20.6. The van der Waals surface area contributed by atoms with Crippen LogP contribution >= 0.6 is 0 Å². The highest BCUT2D eigenvalue weighted by atomic mass is 16.2. The summed E-state index contributed by atoms with van der Waals surface area (Å²) in [4.78, 5) is 45.9. The van der Waals surface area contributed by atoms with Gasteiger partial charge in [-0.15, -0.1) is 0 Å². The van der Waals surface area contributed by atoms with Crippen molar-refractivity contribution >= 4 is 23.4 Å². The van der Waals surface area contributed by atoms with Crippen LogP contribution in [0, 0.1) is 0 Å². The standard InChI is InChI=1S/C23H32N10O3/c1-3-5-11-32-20(24)19(21(35)25-23(32)36)31(4-2)18(34)16-29-12-14-30(15-13-29)22-26-27-28-33(22)17-9-7-6-8-10-17/h6-10H,3-5,11-16,24H2,1-2H3,(H,25,35,36). The van der Waals surface area contributed by atoms with Gasteiger partial charge in [0.25, 0.3) is 5.56 Å². The van der Waals surface area contributed by atoms with Crippen LogP contribution in [-0.2, 0) is 11.3 Å². The van der Waals surface area contributed by atoms with Gasteiger partial charge in [-0.2, -0.15) is 4.68 Å². The van der Waals surface area contributed by atoms with Crippen molar-refractivity contribution in [3.05, 3.63) is 51.2 Å². The molecule has 0 radical (unpaired) electrons. The Morgan fingerprint density at radius 3 is 2.50 bits per heavy atom. The van der Waals surface area contributed by atoms with Gasteiger partial charge < -0.3 is 15.5 Å². The number of benzene rings is 1. The number of nitrogens with zero attached hydrogens (tertiary/aromatic N) is 8. The lowest BCUT2D eigenvalue weighted by Crippen LogP contribution is -2.51. The Hall–Kier alpha value is -4.00. The molecule has 1 amide bonds. The van der Waals surface area contributed by atoms with E-state index in [2.05, 4.69) is 25.4 Å². The smallest absolute Gasteiger partial charge is 0.330 e. The second kappa shape index (κ2) is 11.2. The Labute approximate surface area is 208 Å². The van der Waals surface area contributed by atoms with Crippen molar-refractivity contribution in [1.29, 1.82) is 0 Å². The summed E-state index contributed by atoms with van der Waals surface area (Å²) in [6.45, 7) is 7.04. The molecular weight excluding hydrogens is 464 g/mol. The average molecular weight is 497 g/mol. The number of aromatic amines is 1. The zero-order chi connectivity index (χ0) is 25.7. The molecule has 3 aromatic rings. The molecule has 1 aromatic carbocycles. The van der Waals surface area contributed by atoms with Crippen LogP contribution in [0.1, 0.15) is 26.7 Å². The number of hydrogen-bond donors (Lipinski definition) is 2. The number of rotatable bonds is 9. The average Bonchev–Trinajstić information content (AvgIpc) is 3.37. The van der Waals surface area contributed by atoms with Crippen molar-refractivity contribution < 1.29 is 4.79 Å². The fraction of sp³-hybridized carbons (Fsp3) is 0.478. The number of para-hydroxylation sites is 1. The first-order chi connectivity index (χ1) is 17.4. The second-order valence-electron chi connectivity index (χ2n) is 8.63. The number of nitrogen functional groups attached to an aromatic ring is 1. The molecule has 1 fully saturated rings. The molecule has 3 heterocycles. The van der Waals surface area contributed by atoms with Crippen molar-refractivity contribution in [3.63, 3.8) is 0 Å². The van der Waals surface area contributed by atoms with Crippen LogP contribution in [0.5, 0.6) is 0 Å². The third-order valence-corrected chi connectivity index (χ3v) is 6.30. The van der Waals surface area contributed by atoms with Crippen LogP contribution < -0.4 is 26.8 Å². The first-order valence-electron chi connectivity index (χ1n) is 12.2. The van der Waals surface area contributed by atoms with E-state index in [0.717, 1.165) is 18.5 Å². The van der Waals surface area contributed by atoms with E-state index in [0.29, 0.717) is 38.7 Å². The van der Waals surface area contributed by atoms with E-state index in [4.69, 9.17) is 5.73 Å². The summed E-state index contributed by atoms with van der Waals surface area (Å²) in [5.74, 6) is 0.416. The highest BCUT2D eigenvalue weighted by Gasteiger charge is 2.27. The van der Waals surface area contributed by atoms with Crippen LogP contribution in [0.25, 0.3) is 5.69 Å². The lowest BCUT2D eigenvalue weighted by molar-refractivity contribution is -0.119. The van der Waals surface area contributed by atoms with E-state index >= 15 is 0 Å². The van der Waals surface area contributed by atoms with E-state index in [1.165, 1.54) is 9.47 Å². The van der Waals surface area contributed by atoms with E-state index in [-0.39, 0.29) is 30.5 Å². The molecule has 4 rings (SSSR count). The molecule has 0 atom stereocenters. The number of unbranched alkanes of at least 4 members (excludes halogenated alkanes) is 1. The minimum atomic E-state index is -0.655. The lowest BCUT2D eigenvalue weighted by Gasteiger charge is -2.35. The molecule has 2 aromatic heterocycles. The van der Waals surface area contributed by atoms with E-state index in [1.54, 1.807) is 11.6 Å². The zero-order valence-corrected chi connectivity index (χ0v) is 20.6. The number of nitrogens with two attached hydrogens (primary N) is 1. The molecule has 13 nitrogen and oxygen atoms in total. The van der Waals surface area contributed by atoms with Gasteiger partial charge in [0.2, 0.25) is 11.9 Å². The third kappa shape index (κ3) is 5.15. The first-order valence-corrected chi connectivity index (χ1v) is 12.2. The lowest BCUT2D eigenvalue weighted by atomic mass is 10.3. The third-order valence-electron chi connectivity index (χ3n) is 6.30. The first kappa shape index (κ1) is 25.1. The normalized spacial score (nSPS) is 14.2. The van der Waals surface area contributed by atoms with Gasteiger partial charge in [0, 0.05) is 39.3 Å². The number of carbonyl (C=O) groups excluding carboxylic acids is 1. The molecule has 0 spiro atoms. The highest BCUT2D eigenvalue weighted by Crippen LogP contribution is 2.19. The molecular formula is C23H32N10O3. The quantitative estimate of drug-likeness (QED) is 0.419. The van der Waals surface area contributed by atoms with Crippen molar-refractivity contribution in [2.75, 3.05) is 54.8 Å². The number of hydrogen-bond acceptors (Lipinski definition) is 9. The van der Waals surface area contributed by atoms with Crippen LogP contribution in [0.15, 0.2) is 39.9 Å². The van der Waals surface area contributed by atoms with Crippen LogP contribution in [0.2, 0.25) is 0 Å². The molecule has 0 bridgehead atoms. The van der Waals surface area contributed by atoms with E-state index in [1.807, 2.05) is 42.2 Å². The minimum Gasteiger partial charge on any atom is -0.383 e. The predicted molar refractivity (Wildman–Crippen MR) is 136 cm³/mol. The molecule has 36 heavy (non-hydrogen) atoms.